The van der Waals surface area contributed by atoms with Gasteiger partial charge in [0.1, 0.15) is 0 Å². The van der Waals surface area contributed by atoms with E-state index in [-0.39, 0.29) is 6.54 Å². The zero-order chi connectivity index (χ0) is 13.5. The van der Waals surface area contributed by atoms with Crippen LogP contribution in [0.3, 0.4) is 0 Å². The van der Waals surface area contributed by atoms with Crippen LogP contribution in [0, 0.1) is 0 Å². The second-order valence-electron chi connectivity index (χ2n) is 3.26. The number of amides is 1. The monoisotopic (exact) mass is 289 g/mol. The maximum absolute atomic E-state index is 11.3. The minimum absolute atomic E-state index is 0.193. The van der Waals surface area contributed by atoms with Gasteiger partial charge in [0, 0.05) is 11.0 Å². The van der Waals surface area contributed by atoms with Crippen LogP contribution in [-0.2, 0) is 14.3 Å². The first-order valence-corrected chi connectivity index (χ1v) is 6.19. The summed E-state index contributed by atoms with van der Waals surface area (Å²) in [5.74, 6) is -1.20. The summed E-state index contributed by atoms with van der Waals surface area (Å²) in [4.78, 5) is 23.0. The molecule has 1 amide bonds. The Morgan fingerprint density at radius 3 is 2.89 bits per heavy atom. The Morgan fingerprint density at radius 1 is 1.61 bits per heavy atom. The number of carbonyl (C=O) groups is 2. The van der Waals surface area contributed by atoms with Gasteiger partial charge in [-0.25, -0.2) is 4.79 Å². The quantitative estimate of drug-likeness (QED) is 0.628. The van der Waals surface area contributed by atoms with Gasteiger partial charge in [-0.05, 0) is 18.2 Å². The van der Waals surface area contributed by atoms with E-state index in [0.29, 0.717) is 4.34 Å². The summed E-state index contributed by atoms with van der Waals surface area (Å²) >= 11 is 7.07. The molecule has 0 aromatic carbocycles. The van der Waals surface area contributed by atoms with Gasteiger partial charge in [-0.1, -0.05) is 11.6 Å². The lowest BCUT2D eigenvalue weighted by Crippen LogP contribution is -2.36. The summed E-state index contributed by atoms with van der Waals surface area (Å²) in [5.41, 5.74) is 0. The Morgan fingerprint density at radius 2 is 2.33 bits per heavy atom. The summed E-state index contributed by atoms with van der Waals surface area (Å²) in [6, 6.07) is 3.50. The van der Waals surface area contributed by atoms with Crippen molar-refractivity contribution in [2.45, 2.75) is 6.10 Å². The summed E-state index contributed by atoms with van der Waals surface area (Å²) in [7, 11) is 1.16. The second kappa shape index (κ2) is 7.15. The number of hydrogen-bond acceptors (Lipinski definition) is 5. The number of rotatable bonds is 5. The Kier molecular flexibility index (Phi) is 5.84. The van der Waals surface area contributed by atoms with Crippen LogP contribution in [-0.4, -0.2) is 36.7 Å². The number of nitrogens with one attached hydrogen (secondary N) is 1. The van der Waals surface area contributed by atoms with Crippen molar-refractivity contribution in [2.24, 2.45) is 0 Å². The van der Waals surface area contributed by atoms with E-state index in [0.717, 1.165) is 12.0 Å². The predicted molar refractivity (Wildman–Crippen MR) is 69.4 cm³/mol. The van der Waals surface area contributed by atoms with Gasteiger partial charge in [-0.2, -0.15) is 0 Å². The number of aliphatic hydroxyl groups excluding tert-OH is 1. The van der Waals surface area contributed by atoms with Gasteiger partial charge >= 0.3 is 5.97 Å². The van der Waals surface area contributed by atoms with E-state index >= 15 is 0 Å². The normalized spacial score (nSPS) is 12.4. The molecule has 1 heterocycles. The molecule has 7 heteroatoms. The number of esters is 1. The van der Waals surface area contributed by atoms with Crippen LogP contribution in [0.25, 0.3) is 6.08 Å². The minimum atomic E-state index is -1.36. The SMILES string of the molecule is COC(=O)C(O)CNC(=O)/C=C/c1ccc(Cl)s1. The van der Waals surface area contributed by atoms with Gasteiger partial charge in [0.2, 0.25) is 5.91 Å². The van der Waals surface area contributed by atoms with Crippen LogP contribution >= 0.6 is 22.9 Å². The fraction of sp³-hybridized carbons (Fsp3) is 0.273. The Labute approximate surface area is 113 Å². The number of hydrogen-bond donors (Lipinski definition) is 2. The number of thiophene rings is 1. The average Bonchev–Trinajstić information content (AvgIpc) is 2.78. The van der Waals surface area contributed by atoms with Crippen molar-refractivity contribution in [3.63, 3.8) is 0 Å². The van der Waals surface area contributed by atoms with Crippen LogP contribution < -0.4 is 5.32 Å². The molecular formula is C11H12ClNO4S. The lowest BCUT2D eigenvalue weighted by molar-refractivity contribution is -0.150. The molecule has 0 aliphatic carbocycles. The molecule has 0 saturated heterocycles. The molecule has 0 fully saturated rings. The summed E-state index contributed by atoms with van der Waals surface area (Å²) in [5, 5.41) is 11.6. The maximum Gasteiger partial charge on any atom is 0.336 e. The third kappa shape index (κ3) is 4.87. The van der Waals surface area contributed by atoms with Crippen molar-refractivity contribution in [1.82, 2.24) is 5.32 Å². The highest BCUT2D eigenvalue weighted by Gasteiger charge is 2.15. The fourth-order valence-electron chi connectivity index (χ4n) is 1.05. The van der Waals surface area contributed by atoms with Crippen molar-refractivity contribution < 1.29 is 19.4 Å². The smallest absolute Gasteiger partial charge is 0.336 e. The molecule has 0 radical (unpaired) electrons. The van der Waals surface area contributed by atoms with Crippen LogP contribution in [0.15, 0.2) is 18.2 Å². The molecule has 0 aliphatic heterocycles. The zero-order valence-corrected chi connectivity index (χ0v) is 11.1. The second-order valence-corrected chi connectivity index (χ2v) is 5.01. The van der Waals surface area contributed by atoms with Gasteiger partial charge in [0.05, 0.1) is 18.0 Å². The molecule has 1 aromatic rings. The molecule has 1 atom stereocenters. The van der Waals surface area contributed by atoms with Gasteiger partial charge in [0.25, 0.3) is 0 Å². The van der Waals surface area contributed by atoms with E-state index in [1.165, 1.54) is 17.4 Å². The van der Waals surface area contributed by atoms with Crippen molar-refractivity contribution in [3.8, 4) is 0 Å². The zero-order valence-electron chi connectivity index (χ0n) is 9.55. The fourth-order valence-corrected chi connectivity index (χ4v) is 2.01. The van der Waals surface area contributed by atoms with Crippen molar-refractivity contribution >= 4 is 40.9 Å². The highest BCUT2D eigenvalue weighted by atomic mass is 35.5. The molecule has 0 aliphatic rings. The van der Waals surface area contributed by atoms with E-state index in [2.05, 4.69) is 10.1 Å². The number of methoxy groups -OCH3 is 1. The van der Waals surface area contributed by atoms with Gasteiger partial charge in [0.15, 0.2) is 6.10 Å². The van der Waals surface area contributed by atoms with E-state index in [1.54, 1.807) is 18.2 Å². The predicted octanol–water partition coefficient (Wildman–Crippen LogP) is 1.06. The first-order chi connectivity index (χ1) is 8.52. The Bertz CT molecular complexity index is 458. The molecule has 5 nitrogen and oxygen atoms in total. The maximum atomic E-state index is 11.3. The molecule has 1 unspecified atom stereocenters. The lowest BCUT2D eigenvalue weighted by atomic mass is 10.3. The molecular weight excluding hydrogens is 278 g/mol. The third-order valence-corrected chi connectivity index (χ3v) is 3.13. The van der Waals surface area contributed by atoms with Gasteiger partial charge < -0.3 is 15.2 Å². The molecule has 1 rings (SSSR count). The van der Waals surface area contributed by atoms with Crippen molar-refractivity contribution in [1.29, 1.82) is 0 Å². The third-order valence-electron chi connectivity index (χ3n) is 1.94. The number of aliphatic hydroxyl groups is 1. The largest absolute Gasteiger partial charge is 0.467 e. The molecule has 18 heavy (non-hydrogen) atoms. The molecule has 1 aromatic heterocycles. The first kappa shape index (κ1) is 14.7. The molecule has 0 bridgehead atoms. The highest BCUT2D eigenvalue weighted by Crippen LogP contribution is 2.22. The van der Waals surface area contributed by atoms with Crippen LogP contribution in [0.1, 0.15) is 4.88 Å². The van der Waals surface area contributed by atoms with Crippen LogP contribution in [0.4, 0.5) is 0 Å². The Balaban J connectivity index is 2.38. The van der Waals surface area contributed by atoms with Crippen molar-refractivity contribution in [3.05, 3.63) is 27.4 Å². The topological polar surface area (TPSA) is 75.6 Å². The number of halogens is 1. The standard InChI is InChI=1S/C11H12ClNO4S/c1-17-11(16)8(14)6-13-10(15)5-3-7-2-4-9(12)18-7/h2-5,8,14H,6H2,1H3,(H,13,15)/b5-3+. The van der Waals surface area contributed by atoms with Crippen LogP contribution in [0.2, 0.25) is 4.34 Å². The van der Waals surface area contributed by atoms with Gasteiger partial charge in [-0.15, -0.1) is 11.3 Å². The van der Waals surface area contributed by atoms with E-state index in [4.69, 9.17) is 11.6 Å². The summed E-state index contributed by atoms with van der Waals surface area (Å²) in [6.45, 7) is -0.193. The first-order valence-electron chi connectivity index (χ1n) is 5.00. The lowest BCUT2D eigenvalue weighted by Gasteiger charge is -2.07. The number of ether oxygens (including phenoxy) is 1. The van der Waals surface area contributed by atoms with E-state index in [1.807, 2.05) is 0 Å². The molecule has 0 spiro atoms. The van der Waals surface area contributed by atoms with Crippen LogP contribution in [0.5, 0.6) is 0 Å². The van der Waals surface area contributed by atoms with Gasteiger partial charge in [-0.3, -0.25) is 4.79 Å². The Hall–Kier alpha value is -1.37. The summed E-state index contributed by atoms with van der Waals surface area (Å²) in [6.07, 6.45) is 1.53. The molecule has 2 N–H and O–H groups in total. The number of carbonyl (C=O) groups excluding carboxylic acids is 2. The van der Waals surface area contributed by atoms with E-state index in [9.17, 15) is 14.7 Å². The molecule has 98 valence electrons. The minimum Gasteiger partial charge on any atom is -0.467 e. The molecule has 0 saturated carbocycles. The summed E-state index contributed by atoms with van der Waals surface area (Å²) < 4.78 is 4.94. The highest BCUT2D eigenvalue weighted by molar-refractivity contribution is 7.17. The van der Waals surface area contributed by atoms with E-state index < -0.39 is 18.0 Å². The average molecular weight is 290 g/mol. The van der Waals surface area contributed by atoms with Crippen molar-refractivity contribution in [2.75, 3.05) is 13.7 Å².